The lowest BCUT2D eigenvalue weighted by molar-refractivity contribution is 0.0521. The van der Waals surface area contributed by atoms with Crippen molar-refractivity contribution >= 4 is 22.3 Å². The molecule has 1 aromatic heterocycles. The van der Waals surface area contributed by atoms with Gasteiger partial charge in [-0.25, -0.2) is 9.78 Å². The maximum atomic E-state index is 11.5. The van der Waals surface area contributed by atoms with Crippen molar-refractivity contribution in [1.29, 1.82) is 0 Å². The highest BCUT2D eigenvalue weighted by atomic mass is 32.1. The molecule has 0 spiro atoms. The van der Waals surface area contributed by atoms with Crippen LogP contribution in [-0.2, 0) is 4.74 Å². The van der Waals surface area contributed by atoms with Crippen molar-refractivity contribution in [2.24, 2.45) is 0 Å². The van der Waals surface area contributed by atoms with Gasteiger partial charge in [0.05, 0.1) is 12.1 Å². The zero-order chi connectivity index (χ0) is 12.5. The highest BCUT2D eigenvalue weighted by Gasteiger charge is 2.15. The Balaban J connectivity index is 2.41. The lowest BCUT2D eigenvalue weighted by Gasteiger charge is -2.05. The number of esters is 1. The Labute approximate surface area is 105 Å². The Kier molecular flexibility index (Phi) is 6.12. The molecule has 1 aromatic rings. The third-order valence-electron chi connectivity index (χ3n) is 2.07. The maximum Gasteiger partial charge on any atom is 0.360 e. The third kappa shape index (κ3) is 4.45. The number of hydrogen-bond donors (Lipinski definition) is 1. The SMILES string of the molecule is C#CCCCCNc1scnc1C(=O)OCC. The van der Waals surface area contributed by atoms with E-state index in [4.69, 9.17) is 11.2 Å². The number of unbranched alkanes of at least 4 members (excludes halogenated alkanes) is 2. The van der Waals surface area contributed by atoms with Gasteiger partial charge in [-0.2, -0.15) is 0 Å². The molecule has 0 bridgehead atoms. The first-order chi connectivity index (χ1) is 8.29. The third-order valence-corrected chi connectivity index (χ3v) is 2.85. The molecule has 17 heavy (non-hydrogen) atoms. The minimum Gasteiger partial charge on any atom is -0.461 e. The van der Waals surface area contributed by atoms with E-state index in [-0.39, 0.29) is 5.97 Å². The highest BCUT2D eigenvalue weighted by Crippen LogP contribution is 2.20. The van der Waals surface area contributed by atoms with Gasteiger partial charge in [-0.1, -0.05) is 0 Å². The number of hydrogen-bond acceptors (Lipinski definition) is 5. The van der Waals surface area contributed by atoms with Crippen LogP contribution in [0.3, 0.4) is 0 Å². The predicted octanol–water partition coefficient (Wildman–Crippen LogP) is 2.54. The summed E-state index contributed by atoms with van der Waals surface area (Å²) in [6.45, 7) is 2.92. The molecule has 0 aliphatic carbocycles. The van der Waals surface area contributed by atoms with Crippen LogP contribution in [0.1, 0.15) is 36.7 Å². The minimum absolute atomic E-state index is 0.359. The van der Waals surface area contributed by atoms with Gasteiger partial charge in [-0.05, 0) is 19.8 Å². The van der Waals surface area contributed by atoms with E-state index >= 15 is 0 Å². The first kappa shape index (κ1) is 13.5. The molecule has 1 N–H and O–H groups in total. The number of nitrogens with zero attached hydrogens (tertiary/aromatic N) is 1. The number of rotatable bonds is 7. The summed E-state index contributed by atoms with van der Waals surface area (Å²) in [6, 6.07) is 0. The molecule has 0 unspecified atom stereocenters. The molecule has 0 aliphatic heterocycles. The number of carbonyl (C=O) groups excluding carboxylic acids is 1. The topological polar surface area (TPSA) is 51.2 Å². The fraction of sp³-hybridized carbons (Fsp3) is 0.500. The number of anilines is 1. The van der Waals surface area contributed by atoms with Crippen molar-refractivity contribution in [1.82, 2.24) is 4.98 Å². The van der Waals surface area contributed by atoms with Gasteiger partial charge in [0.2, 0.25) is 0 Å². The molecule has 0 aromatic carbocycles. The van der Waals surface area contributed by atoms with Gasteiger partial charge >= 0.3 is 5.97 Å². The van der Waals surface area contributed by atoms with Crippen LogP contribution < -0.4 is 5.32 Å². The zero-order valence-electron chi connectivity index (χ0n) is 9.86. The van der Waals surface area contributed by atoms with Crippen LogP contribution >= 0.6 is 11.3 Å². The molecular formula is C12H16N2O2S. The molecule has 4 nitrogen and oxygen atoms in total. The highest BCUT2D eigenvalue weighted by molar-refractivity contribution is 7.14. The summed E-state index contributed by atoms with van der Waals surface area (Å²) in [5.41, 5.74) is 2.00. The van der Waals surface area contributed by atoms with E-state index in [1.54, 1.807) is 12.4 Å². The molecule has 92 valence electrons. The van der Waals surface area contributed by atoms with E-state index in [2.05, 4.69) is 16.2 Å². The van der Waals surface area contributed by atoms with E-state index in [1.807, 2.05) is 0 Å². The molecule has 0 fully saturated rings. The van der Waals surface area contributed by atoms with Crippen molar-refractivity contribution in [2.75, 3.05) is 18.5 Å². The normalized spacial score (nSPS) is 9.65. The first-order valence-corrected chi connectivity index (χ1v) is 6.45. The molecule has 0 amide bonds. The van der Waals surface area contributed by atoms with Crippen LogP contribution in [0.15, 0.2) is 5.51 Å². The van der Waals surface area contributed by atoms with Crippen molar-refractivity contribution in [3.8, 4) is 12.3 Å². The van der Waals surface area contributed by atoms with Crippen LogP contribution in [0.5, 0.6) is 0 Å². The number of aromatic nitrogens is 1. The number of carbonyl (C=O) groups is 1. The minimum atomic E-state index is -0.375. The number of thiazole rings is 1. The molecule has 0 radical (unpaired) electrons. The van der Waals surface area contributed by atoms with Crippen LogP contribution in [0.25, 0.3) is 0 Å². The van der Waals surface area contributed by atoms with Crippen LogP contribution in [0, 0.1) is 12.3 Å². The van der Waals surface area contributed by atoms with Gasteiger partial charge in [-0.15, -0.1) is 23.7 Å². The van der Waals surface area contributed by atoms with Crippen LogP contribution in [0.4, 0.5) is 5.00 Å². The van der Waals surface area contributed by atoms with E-state index in [0.29, 0.717) is 12.3 Å². The molecular weight excluding hydrogens is 236 g/mol. The van der Waals surface area contributed by atoms with E-state index in [0.717, 1.165) is 30.8 Å². The van der Waals surface area contributed by atoms with Gasteiger partial charge < -0.3 is 10.1 Å². The summed E-state index contributed by atoms with van der Waals surface area (Å²) in [6.07, 6.45) is 7.91. The fourth-order valence-corrected chi connectivity index (χ4v) is 1.97. The summed E-state index contributed by atoms with van der Waals surface area (Å²) < 4.78 is 4.91. The van der Waals surface area contributed by atoms with Crippen molar-refractivity contribution in [2.45, 2.75) is 26.2 Å². The predicted molar refractivity (Wildman–Crippen MR) is 69.2 cm³/mol. The van der Waals surface area contributed by atoms with E-state index < -0.39 is 0 Å². The quantitative estimate of drug-likeness (QED) is 0.460. The lowest BCUT2D eigenvalue weighted by Crippen LogP contribution is -2.09. The second-order valence-electron chi connectivity index (χ2n) is 3.34. The maximum absolute atomic E-state index is 11.5. The average molecular weight is 252 g/mol. The molecule has 1 rings (SSSR count). The molecule has 0 aliphatic rings. The van der Waals surface area contributed by atoms with Gasteiger partial charge in [0.1, 0.15) is 5.00 Å². The molecule has 0 saturated carbocycles. The molecule has 0 atom stereocenters. The summed E-state index contributed by atoms with van der Waals surface area (Å²) in [5, 5.41) is 3.95. The molecule has 0 saturated heterocycles. The summed E-state index contributed by atoms with van der Waals surface area (Å²) >= 11 is 1.40. The van der Waals surface area contributed by atoms with Crippen molar-refractivity contribution in [3.63, 3.8) is 0 Å². The summed E-state index contributed by atoms with van der Waals surface area (Å²) in [5.74, 6) is 2.22. The summed E-state index contributed by atoms with van der Waals surface area (Å²) in [7, 11) is 0. The average Bonchev–Trinajstić information content (AvgIpc) is 2.77. The van der Waals surface area contributed by atoms with Crippen LogP contribution in [0.2, 0.25) is 0 Å². The second-order valence-corrected chi connectivity index (χ2v) is 4.19. The molecule has 1 heterocycles. The van der Waals surface area contributed by atoms with Gasteiger partial charge in [0, 0.05) is 13.0 Å². The summed E-state index contributed by atoms with van der Waals surface area (Å²) in [4.78, 5) is 15.5. The first-order valence-electron chi connectivity index (χ1n) is 5.57. The van der Waals surface area contributed by atoms with E-state index in [1.165, 1.54) is 11.3 Å². The molecule has 5 heteroatoms. The van der Waals surface area contributed by atoms with Crippen molar-refractivity contribution in [3.05, 3.63) is 11.2 Å². The van der Waals surface area contributed by atoms with Gasteiger partial charge in [0.25, 0.3) is 0 Å². The Hall–Kier alpha value is -1.54. The van der Waals surface area contributed by atoms with Crippen LogP contribution in [-0.4, -0.2) is 24.1 Å². The Morgan fingerprint density at radius 1 is 1.65 bits per heavy atom. The standard InChI is InChI=1S/C12H16N2O2S/c1-3-5-6-7-8-13-11-10(14-9-17-11)12(15)16-4-2/h1,9,13H,4-8H2,2H3. The lowest BCUT2D eigenvalue weighted by atomic mass is 10.2. The zero-order valence-corrected chi connectivity index (χ0v) is 10.7. The smallest absolute Gasteiger partial charge is 0.360 e. The number of ether oxygens (including phenoxy) is 1. The van der Waals surface area contributed by atoms with E-state index in [9.17, 15) is 4.79 Å². The largest absolute Gasteiger partial charge is 0.461 e. The Morgan fingerprint density at radius 2 is 2.47 bits per heavy atom. The second kappa shape index (κ2) is 7.69. The van der Waals surface area contributed by atoms with Gasteiger partial charge in [-0.3, -0.25) is 0 Å². The Morgan fingerprint density at radius 3 is 3.18 bits per heavy atom. The monoisotopic (exact) mass is 252 g/mol. The fourth-order valence-electron chi connectivity index (χ4n) is 1.27. The Bertz CT molecular complexity index is 395. The van der Waals surface area contributed by atoms with Crippen molar-refractivity contribution < 1.29 is 9.53 Å². The number of terminal acetylenes is 1. The van der Waals surface area contributed by atoms with Gasteiger partial charge in [0.15, 0.2) is 5.69 Å². The number of nitrogens with one attached hydrogen (secondary N) is 1.